The molecule has 3 aromatic rings. The minimum Gasteiger partial charge on any atom is -0.350 e. The third-order valence-electron chi connectivity index (χ3n) is 3.66. The zero-order valence-corrected chi connectivity index (χ0v) is 13.7. The number of benzene rings is 1. The Labute approximate surface area is 140 Å². The maximum absolute atomic E-state index is 12.2. The van der Waals surface area contributed by atoms with Gasteiger partial charge in [0.25, 0.3) is 0 Å². The predicted octanol–water partition coefficient (Wildman–Crippen LogP) is 1.81. The lowest BCUT2D eigenvalue weighted by Gasteiger charge is -2.06. The number of hydrogen-bond donors (Lipinski definition) is 1. The van der Waals surface area contributed by atoms with Crippen LogP contribution in [0.3, 0.4) is 0 Å². The maximum atomic E-state index is 12.2. The molecule has 3 rings (SSSR count). The lowest BCUT2D eigenvalue weighted by Crippen LogP contribution is -2.25. The van der Waals surface area contributed by atoms with Crippen LogP contribution in [0.25, 0.3) is 5.65 Å². The summed E-state index contributed by atoms with van der Waals surface area (Å²) in [5, 5.41) is 2.74. The highest BCUT2D eigenvalue weighted by atomic mass is 32.2. The van der Waals surface area contributed by atoms with Gasteiger partial charge in [0.15, 0.2) is 9.84 Å². The number of amides is 1. The standard InChI is InChI=1S/C17H17N3O3S/c21-17(9-11-24(22,23)15-6-2-1-3-7-15)19-13-14-12-18-16-8-4-5-10-20(14)16/h1-8,10,12H,9,11,13H2,(H,19,21). The summed E-state index contributed by atoms with van der Waals surface area (Å²) in [6, 6.07) is 13.8. The molecule has 0 unspecified atom stereocenters. The van der Waals surface area contributed by atoms with E-state index in [1.165, 1.54) is 12.1 Å². The summed E-state index contributed by atoms with van der Waals surface area (Å²) in [6.07, 6.45) is 3.48. The van der Waals surface area contributed by atoms with E-state index in [1.807, 2.05) is 28.8 Å². The number of pyridine rings is 1. The van der Waals surface area contributed by atoms with Crippen molar-refractivity contribution >= 4 is 21.4 Å². The Morgan fingerprint density at radius 3 is 2.62 bits per heavy atom. The molecule has 0 saturated carbocycles. The van der Waals surface area contributed by atoms with Gasteiger partial charge < -0.3 is 9.72 Å². The average Bonchev–Trinajstić information content (AvgIpc) is 3.02. The number of fused-ring (bicyclic) bond motifs is 1. The second kappa shape index (κ2) is 6.84. The average molecular weight is 343 g/mol. The summed E-state index contributed by atoms with van der Waals surface area (Å²) in [5.74, 6) is -0.517. The van der Waals surface area contributed by atoms with Crippen molar-refractivity contribution in [3.05, 3.63) is 66.6 Å². The van der Waals surface area contributed by atoms with Crippen LogP contribution >= 0.6 is 0 Å². The van der Waals surface area contributed by atoms with Crippen LogP contribution in [0, 0.1) is 0 Å². The number of imidazole rings is 1. The fourth-order valence-electron chi connectivity index (χ4n) is 2.37. The lowest BCUT2D eigenvalue weighted by atomic mass is 10.4. The first-order chi connectivity index (χ1) is 11.6. The van der Waals surface area contributed by atoms with E-state index in [-0.39, 0.29) is 23.0 Å². The molecule has 0 aliphatic carbocycles. The van der Waals surface area contributed by atoms with Crippen LogP contribution in [-0.2, 0) is 21.2 Å². The molecule has 1 N–H and O–H groups in total. The number of aromatic nitrogens is 2. The molecule has 6 nitrogen and oxygen atoms in total. The van der Waals surface area contributed by atoms with Gasteiger partial charge in [-0.05, 0) is 24.3 Å². The van der Waals surface area contributed by atoms with E-state index in [0.717, 1.165) is 11.3 Å². The van der Waals surface area contributed by atoms with Crippen molar-refractivity contribution in [1.82, 2.24) is 14.7 Å². The van der Waals surface area contributed by atoms with Gasteiger partial charge in [-0.15, -0.1) is 0 Å². The monoisotopic (exact) mass is 343 g/mol. The highest BCUT2D eigenvalue weighted by molar-refractivity contribution is 7.91. The molecule has 1 amide bonds. The number of hydrogen-bond acceptors (Lipinski definition) is 4. The summed E-state index contributed by atoms with van der Waals surface area (Å²) in [4.78, 5) is 16.4. The molecule has 0 bridgehead atoms. The van der Waals surface area contributed by atoms with Crippen molar-refractivity contribution < 1.29 is 13.2 Å². The highest BCUT2D eigenvalue weighted by Crippen LogP contribution is 2.11. The zero-order valence-electron chi connectivity index (χ0n) is 12.9. The molecule has 0 aliphatic heterocycles. The number of nitrogens with one attached hydrogen (secondary N) is 1. The zero-order chi connectivity index (χ0) is 17.0. The van der Waals surface area contributed by atoms with Gasteiger partial charge in [0.05, 0.1) is 29.1 Å². The summed E-state index contributed by atoms with van der Waals surface area (Å²) >= 11 is 0. The van der Waals surface area contributed by atoms with Crippen LogP contribution in [0.1, 0.15) is 12.1 Å². The van der Waals surface area contributed by atoms with E-state index < -0.39 is 9.84 Å². The van der Waals surface area contributed by atoms with Crippen molar-refractivity contribution in [3.63, 3.8) is 0 Å². The van der Waals surface area contributed by atoms with E-state index in [0.29, 0.717) is 6.54 Å². The van der Waals surface area contributed by atoms with E-state index in [4.69, 9.17) is 0 Å². The van der Waals surface area contributed by atoms with E-state index in [1.54, 1.807) is 24.4 Å². The van der Waals surface area contributed by atoms with Gasteiger partial charge in [0.1, 0.15) is 5.65 Å². The Morgan fingerprint density at radius 2 is 1.83 bits per heavy atom. The van der Waals surface area contributed by atoms with Gasteiger partial charge in [-0.25, -0.2) is 13.4 Å². The van der Waals surface area contributed by atoms with Crippen molar-refractivity contribution in [2.24, 2.45) is 0 Å². The first-order valence-electron chi connectivity index (χ1n) is 7.52. The van der Waals surface area contributed by atoms with Gasteiger partial charge in [-0.1, -0.05) is 24.3 Å². The smallest absolute Gasteiger partial charge is 0.221 e. The molecule has 1 aromatic carbocycles. The third kappa shape index (κ3) is 3.62. The van der Waals surface area contributed by atoms with Crippen molar-refractivity contribution in [1.29, 1.82) is 0 Å². The van der Waals surface area contributed by atoms with E-state index in [9.17, 15) is 13.2 Å². The molecule has 0 radical (unpaired) electrons. The van der Waals surface area contributed by atoms with Crippen LogP contribution in [0.2, 0.25) is 0 Å². The third-order valence-corrected chi connectivity index (χ3v) is 5.39. The summed E-state index contributed by atoms with van der Waals surface area (Å²) in [6.45, 7) is 0.301. The maximum Gasteiger partial charge on any atom is 0.221 e. The van der Waals surface area contributed by atoms with E-state index in [2.05, 4.69) is 10.3 Å². The molecule has 0 atom stereocenters. The number of carbonyl (C=O) groups excluding carboxylic acids is 1. The molecule has 2 aromatic heterocycles. The fraction of sp³-hybridized carbons (Fsp3) is 0.176. The number of sulfone groups is 1. The van der Waals surface area contributed by atoms with Crippen molar-refractivity contribution in [2.75, 3.05) is 5.75 Å². The Morgan fingerprint density at radius 1 is 1.08 bits per heavy atom. The largest absolute Gasteiger partial charge is 0.350 e. The van der Waals surface area contributed by atoms with Crippen LogP contribution in [0.4, 0.5) is 0 Å². The van der Waals surface area contributed by atoms with Crippen LogP contribution in [0.15, 0.2) is 65.8 Å². The number of nitrogens with zero attached hydrogens (tertiary/aromatic N) is 2. The van der Waals surface area contributed by atoms with Gasteiger partial charge in [-0.3, -0.25) is 4.79 Å². The number of rotatable bonds is 6. The molecule has 7 heteroatoms. The molecule has 0 aliphatic rings. The Balaban J connectivity index is 1.57. The quantitative estimate of drug-likeness (QED) is 0.740. The summed E-state index contributed by atoms with van der Waals surface area (Å²) in [5.41, 5.74) is 1.64. The highest BCUT2D eigenvalue weighted by Gasteiger charge is 2.16. The molecule has 0 fully saturated rings. The minimum absolute atomic E-state index is 0.0754. The minimum atomic E-state index is -3.44. The molecule has 0 spiro atoms. The first kappa shape index (κ1) is 16.2. The van der Waals surface area contributed by atoms with Gasteiger partial charge in [0.2, 0.25) is 5.91 Å². The molecule has 24 heavy (non-hydrogen) atoms. The number of carbonyl (C=O) groups is 1. The van der Waals surface area contributed by atoms with Crippen LogP contribution in [-0.4, -0.2) is 29.5 Å². The Bertz CT molecular complexity index is 949. The molecular weight excluding hydrogens is 326 g/mol. The lowest BCUT2D eigenvalue weighted by molar-refractivity contribution is -0.120. The predicted molar refractivity (Wildman–Crippen MR) is 90.2 cm³/mol. The molecule has 2 heterocycles. The molecule has 124 valence electrons. The van der Waals surface area contributed by atoms with Gasteiger partial charge >= 0.3 is 0 Å². The normalized spacial score (nSPS) is 11.5. The Hall–Kier alpha value is -2.67. The van der Waals surface area contributed by atoms with Crippen molar-refractivity contribution in [3.8, 4) is 0 Å². The SMILES string of the molecule is O=C(CCS(=O)(=O)c1ccccc1)NCc1cnc2ccccn12. The van der Waals surface area contributed by atoms with Gasteiger partial charge in [-0.2, -0.15) is 0 Å². The first-order valence-corrected chi connectivity index (χ1v) is 9.17. The second-order valence-corrected chi connectivity index (χ2v) is 7.45. The topological polar surface area (TPSA) is 80.5 Å². The summed E-state index contributed by atoms with van der Waals surface area (Å²) < 4.78 is 26.2. The van der Waals surface area contributed by atoms with E-state index >= 15 is 0 Å². The molecular formula is C17H17N3O3S. The van der Waals surface area contributed by atoms with Gasteiger partial charge in [0, 0.05) is 12.6 Å². The Kier molecular flexibility index (Phi) is 4.61. The van der Waals surface area contributed by atoms with Crippen molar-refractivity contribution in [2.45, 2.75) is 17.9 Å². The summed E-state index contributed by atoms with van der Waals surface area (Å²) in [7, 11) is -3.44. The second-order valence-electron chi connectivity index (χ2n) is 5.34. The fourth-order valence-corrected chi connectivity index (χ4v) is 3.63. The van der Waals surface area contributed by atoms with Crippen LogP contribution < -0.4 is 5.32 Å². The van der Waals surface area contributed by atoms with Crippen LogP contribution in [0.5, 0.6) is 0 Å². The molecule has 0 saturated heterocycles.